The van der Waals surface area contributed by atoms with E-state index in [4.69, 9.17) is 29.0 Å². The van der Waals surface area contributed by atoms with Crippen molar-refractivity contribution >= 4 is 42.4 Å². The van der Waals surface area contributed by atoms with Gasteiger partial charge in [0.25, 0.3) is 0 Å². The molecule has 0 saturated heterocycles. The van der Waals surface area contributed by atoms with E-state index in [9.17, 15) is 9.36 Å². The van der Waals surface area contributed by atoms with Crippen molar-refractivity contribution in [1.29, 1.82) is 0 Å². The summed E-state index contributed by atoms with van der Waals surface area (Å²) in [5, 5.41) is 0.781. The minimum atomic E-state index is -3.62. The van der Waals surface area contributed by atoms with Crippen molar-refractivity contribution < 1.29 is 22.0 Å². The molecule has 2 rings (SSSR count). The summed E-state index contributed by atoms with van der Waals surface area (Å²) in [6, 6.07) is 5.09. The van der Waals surface area contributed by atoms with Gasteiger partial charge >= 0.3 is 13.4 Å². The summed E-state index contributed by atoms with van der Waals surface area (Å²) in [5.41, 5.74) is 0.409. The maximum absolute atomic E-state index is 12.2. The number of hydrogen-bond acceptors (Lipinski definition) is 7. The summed E-state index contributed by atoms with van der Waals surface area (Å²) >= 11 is 6.71. The lowest BCUT2D eigenvalue weighted by Crippen LogP contribution is -2.01. The van der Waals surface area contributed by atoms with E-state index in [1.165, 1.54) is 0 Å². The highest BCUT2D eigenvalue weighted by Crippen LogP contribution is 2.53. The average Bonchev–Trinajstić information content (AvgIpc) is 2.51. The molecule has 9 heteroatoms. The SMILES string of the molecule is CCOP(=O)(OCC)OSc1ccc2c(C)c(Cl)c(=O)oc2c1. The number of fused-ring (bicyclic) bond motifs is 1. The van der Waals surface area contributed by atoms with Crippen LogP contribution in [0, 0.1) is 6.92 Å². The summed E-state index contributed by atoms with van der Waals surface area (Å²) in [7, 11) is -3.62. The second kappa shape index (κ2) is 7.83. The van der Waals surface area contributed by atoms with Crippen LogP contribution in [0.2, 0.25) is 5.02 Å². The van der Waals surface area contributed by atoms with Gasteiger partial charge in [0.2, 0.25) is 0 Å². The predicted octanol–water partition coefficient (Wildman–Crippen LogP) is 4.96. The van der Waals surface area contributed by atoms with E-state index in [1.807, 2.05) is 0 Å². The van der Waals surface area contributed by atoms with Crippen LogP contribution in [-0.2, 0) is 17.6 Å². The summed E-state index contributed by atoms with van der Waals surface area (Å²) < 4.78 is 32.7. The van der Waals surface area contributed by atoms with Gasteiger partial charge in [-0.25, -0.2) is 13.3 Å². The third kappa shape index (κ3) is 4.38. The first-order valence-electron chi connectivity index (χ1n) is 6.88. The van der Waals surface area contributed by atoms with Crippen LogP contribution < -0.4 is 5.63 Å². The Labute approximate surface area is 142 Å². The Hall–Kier alpha value is -0.820. The molecule has 0 saturated carbocycles. The largest absolute Gasteiger partial charge is 0.486 e. The van der Waals surface area contributed by atoms with E-state index in [0.29, 0.717) is 16.0 Å². The van der Waals surface area contributed by atoms with Gasteiger partial charge in [0.15, 0.2) is 0 Å². The lowest BCUT2D eigenvalue weighted by atomic mass is 10.1. The molecule has 1 aromatic heterocycles. The molecule has 0 bridgehead atoms. The first-order valence-corrected chi connectivity index (χ1v) is 9.46. The molecule has 6 nitrogen and oxygen atoms in total. The van der Waals surface area contributed by atoms with Crippen LogP contribution >= 0.6 is 31.5 Å². The molecule has 126 valence electrons. The standard InChI is InChI=1S/C14H16ClO6PS/c1-4-18-22(17,19-5-2)21-23-10-6-7-11-9(3)13(15)14(16)20-12(11)8-10/h6-8H,4-5H2,1-3H3. The third-order valence-corrected chi connectivity index (χ3v) is 5.93. The Morgan fingerprint density at radius 3 is 2.52 bits per heavy atom. The van der Waals surface area contributed by atoms with E-state index in [-0.39, 0.29) is 18.2 Å². The molecule has 0 unspecified atom stereocenters. The Morgan fingerprint density at radius 1 is 1.26 bits per heavy atom. The molecule has 0 aliphatic carbocycles. The molecule has 0 spiro atoms. The van der Waals surface area contributed by atoms with Gasteiger partial charge in [-0.2, -0.15) is 0 Å². The summed E-state index contributed by atoms with van der Waals surface area (Å²) in [4.78, 5) is 12.2. The van der Waals surface area contributed by atoms with Gasteiger partial charge in [0.05, 0.1) is 13.2 Å². The zero-order chi connectivity index (χ0) is 17.0. The highest BCUT2D eigenvalue weighted by molar-refractivity contribution is 7.98. The van der Waals surface area contributed by atoms with Crippen molar-refractivity contribution in [1.82, 2.24) is 0 Å². The van der Waals surface area contributed by atoms with Gasteiger partial charge in [0, 0.05) is 22.3 Å². The van der Waals surface area contributed by atoms with Crippen LogP contribution in [0.25, 0.3) is 11.0 Å². The Balaban J connectivity index is 2.26. The lowest BCUT2D eigenvalue weighted by molar-refractivity contribution is 0.175. The number of phosphoric acid groups is 1. The Morgan fingerprint density at radius 2 is 1.91 bits per heavy atom. The van der Waals surface area contributed by atoms with Gasteiger partial charge in [-0.1, -0.05) is 11.6 Å². The van der Waals surface area contributed by atoms with Gasteiger partial charge < -0.3 is 4.42 Å². The van der Waals surface area contributed by atoms with Crippen molar-refractivity contribution in [3.05, 3.63) is 39.2 Å². The number of hydrogen-bond donors (Lipinski definition) is 0. The number of halogens is 1. The molecule has 0 aliphatic heterocycles. The molecule has 1 aromatic carbocycles. The minimum Gasteiger partial charge on any atom is -0.422 e. The quantitative estimate of drug-likeness (QED) is 0.383. The molecule has 0 N–H and O–H groups in total. The molecule has 0 atom stereocenters. The van der Waals surface area contributed by atoms with Crippen LogP contribution in [-0.4, -0.2) is 13.2 Å². The summed E-state index contributed by atoms with van der Waals surface area (Å²) in [5.74, 6) is 0. The van der Waals surface area contributed by atoms with Crippen molar-refractivity contribution in [2.75, 3.05) is 13.2 Å². The molecule has 2 aromatic rings. The zero-order valence-electron chi connectivity index (χ0n) is 12.8. The minimum absolute atomic E-state index is 0.0614. The normalized spacial score (nSPS) is 12.0. The van der Waals surface area contributed by atoms with Gasteiger partial charge in [-0.15, -0.1) is 0 Å². The van der Waals surface area contributed by atoms with Crippen LogP contribution in [0.15, 0.2) is 32.3 Å². The molecular weight excluding hydrogens is 363 g/mol. The molecule has 0 radical (unpaired) electrons. The van der Waals surface area contributed by atoms with E-state index < -0.39 is 13.4 Å². The van der Waals surface area contributed by atoms with E-state index in [0.717, 1.165) is 17.4 Å². The maximum atomic E-state index is 12.2. The molecular formula is C14H16ClO6PS. The number of phosphoric ester groups is 1. The van der Waals surface area contributed by atoms with E-state index >= 15 is 0 Å². The monoisotopic (exact) mass is 378 g/mol. The first-order chi connectivity index (χ1) is 10.9. The smallest absolute Gasteiger partial charge is 0.422 e. The fourth-order valence-corrected chi connectivity index (χ4v) is 4.03. The van der Waals surface area contributed by atoms with E-state index in [1.54, 1.807) is 39.0 Å². The summed E-state index contributed by atoms with van der Waals surface area (Å²) in [6.07, 6.45) is 0. The van der Waals surface area contributed by atoms with E-state index in [2.05, 4.69) is 0 Å². The van der Waals surface area contributed by atoms with Gasteiger partial charge in [-0.3, -0.25) is 9.05 Å². The Bertz CT molecular complexity index is 796. The highest BCUT2D eigenvalue weighted by atomic mass is 35.5. The van der Waals surface area contributed by atoms with Gasteiger partial charge in [0.1, 0.15) is 10.6 Å². The first kappa shape index (κ1) is 18.5. The van der Waals surface area contributed by atoms with Crippen molar-refractivity contribution in [3.63, 3.8) is 0 Å². The third-order valence-electron chi connectivity index (χ3n) is 2.87. The van der Waals surface area contributed by atoms with Crippen LogP contribution in [0.5, 0.6) is 0 Å². The molecule has 0 aliphatic rings. The maximum Gasteiger partial charge on any atom is 0.486 e. The lowest BCUT2D eigenvalue weighted by Gasteiger charge is -2.15. The topological polar surface area (TPSA) is 75.0 Å². The number of rotatable bonds is 7. The fourth-order valence-electron chi connectivity index (χ4n) is 1.85. The van der Waals surface area contributed by atoms with Crippen molar-refractivity contribution in [3.8, 4) is 0 Å². The molecule has 0 fully saturated rings. The predicted molar refractivity (Wildman–Crippen MR) is 90.0 cm³/mol. The summed E-state index contributed by atoms with van der Waals surface area (Å²) in [6.45, 7) is 5.52. The van der Waals surface area contributed by atoms with Crippen LogP contribution in [0.4, 0.5) is 0 Å². The number of benzene rings is 1. The molecule has 1 heterocycles. The zero-order valence-corrected chi connectivity index (χ0v) is 15.3. The number of aryl methyl sites for hydroxylation is 1. The second-order valence-electron chi connectivity index (χ2n) is 4.43. The van der Waals surface area contributed by atoms with Crippen LogP contribution in [0.1, 0.15) is 19.4 Å². The molecule has 23 heavy (non-hydrogen) atoms. The van der Waals surface area contributed by atoms with Crippen LogP contribution in [0.3, 0.4) is 0 Å². The van der Waals surface area contributed by atoms with Crippen molar-refractivity contribution in [2.45, 2.75) is 25.7 Å². The highest BCUT2D eigenvalue weighted by Gasteiger charge is 2.26. The molecule has 0 amide bonds. The fraction of sp³-hybridized carbons (Fsp3) is 0.357. The van der Waals surface area contributed by atoms with Crippen molar-refractivity contribution in [2.24, 2.45) is 0 Å². The second-order valence-corrected chi connectivity index (χ2v) is 7.45. The Kier molecular flexibility index (Phi) is 6.31. The van der Waals surface area contributed by atoms with Gasteiger partial charge in [-0.05, 0) is 44.5 Å². The average molecular weight is 379 g/mol.